The number of ketones is 1. The Labute approximate surface area is 259 Å². The molecular formula is C34H45FN4O5. The zero-order valence-electron chi connectivity index (χ0n) is 25.6. The number of pyridine rings is 1. The van der Waals surface area contributed by atoms with Crippen molar-refractivity contribution in [1.29, 1.82) is 0 Å². The maximum absolute atomic E-state index is 16.3. The number of halogens is 1. The summed E-state index contributed by atoms with van der Waals surface area (Å²) in [6.07, 6.45) is 9.58. The smallest absolute Gasteiger partial charge is 0.258 e. The van der Waals surface area contributed by atoms with Crippen LogP contribution in [0.5, 0.6) is 0 Å². The van der Waals surface area contributed by atoms with Gasteiger partial charge in [0.25, 0.3) is 5.91 Å². The number of Topliss-reactive ketones (excluding diaryl/α,β-unsaturated/α-hetero) is 1. The van der Waals surface area contributed by atoms with Crippen LogP contribution in [0.25, 0.3) is 0 Å². The molecule has 0 N–H and O–H groups in total. The number of amides is 1. The monoisotopic (exact) mass is 608 g/mol. The van der Waals surface area contributed by atoms with Gasteiger partial charge in [-0.2, -0.15) is 0 Å². The molecule has 11 unspecified atom stereocenters. The highest BCUT2D eigenvalue weighted by Gasteiger charge is 2.62. The van der Waals surface area contributed by atoms with Crippen LogP contribution in [0.4, 0.5) is 4.39 Å². The van der Waals surface area contributed by atoms with E-state index in [0.717, 1.165) is 25.0 Å². The molecular weight excluding hydrogens is 563 g/mol. The number of alkyl halides is 1. The molecule has 238 valence electrons. The van der Waals surface area contributed by atoms with Gasteiger partial charge in [-0.3, -0.25) is 19.5 Å². The van der Waals surface area contributed by atoms with E-state index in [1.54, 1.807) is 18.1 Å². The maximum atomic E-state index is 16.3. The second-order valence-corrected chi connectivity index (χ2v) is 14.1. The Hall–Kier alpha value is -2.40. The van der Waals surface area contributed by atoms with Crippen molar-refractivity contribution in [1.82, 2.24) is 19.7 Å². The number of hydrogen-bond acceptors (Lipinski definition) is 8. The minimum absolute atomic E-state index is 0.00335. The molecule has 0 bridgehead atoms. The highest BCUT2D eigenvalue weighted by atomic mass is 19.1. The second kappa shape index (κ2) is 11.8. The van der Waals surface area contributed by atoms with E-state index in [1.807, 2.05) is 24.4 Å². The predicted molar refractivity (Wildman–Crippen MR) is 159 cm³/mol. The molecule has 3 saturated heterocycles. The fraction of sp³-hybridized carbons (Fsp3) is 0.735. The number of carbonyl (C=O) groups is 2. The summed E-state index contributed by atoms with van der Waals surface area (Å²) in [5.74, 6) is -0.136. The standard InChI is InChI=1S/C34H45FN4O5/c1-37(11-9-20-6-4-5-10-36-20)34(41)24-19-39-26-18-28-22(21-7-2-3-8-27(21)43-28)17-29(26)44-33-30(39)23(32(24)40)16-25(35)31(33)38-12-14-42-15-13-38/h4-6,10,19,21-23,25-31,33H,2-3,7-9,11-18H2,1H3. The van der Waals surface area contributed by atoms with Crippen LogP contribution in [0.3, 0.4) is 0 Å². The number of hydrogen-bond donors (Lipinski definition) is 0. The van der Waals surface area contributed by atoms with E-state index in [2.05, 4.69) is 14.8 Å². The molecule has 0 radical (unpaired) electrons. The molecule has 44 heavy (non-hydrogen) atoms. The Bertz CT molecular complexity index is 1280. The Morgan fingerprint density at radius 2 is 1.86 bits per heavy atom. The summed E-state index contributed by atoms with van der Waals surface area (Å²) in [4.78, 5) is 38.5. The lowest BCUT2D eigenvalue weighted by Crippen LogP contribution is -2.74. The molecule has 4 aliphatic heterocycles. The Kier molecular flexibility index (Phi) is 7.75. The van der Waals surface area contributed by atoms with Gasteiger partial charge >= 0.3 is 0 Å². The molecule has 7 aliphatic rings. The molecule has 1 amide bonds. The first-order valence-electron chi connectivity index (χ1n) is 16.9. The average molecular weight is 609 g/mol. The van der Waals surface area contributed by atoms with E-state index in [0.29, 0.717) is 57.2 Å². The van der Waals surface area contributed by atoms with E-state index in [4.69, 9.17) is 14.2 Å². The summed E-state index contributed by atoms with van der Waals surface area (Å²) < 4.78 is 35.7. The third kappa shape index (κ3) is 4.91. The van der Waals surface area contributed by atoms with Crippen LogP contribution in [0, 0.1) is 17.8 Å². The Balaban J connectivity index is 1.11. The van der Waals surface area contributed by atoms with Gasteiger partial charge in [-0.05, 0) is 56.1 Å². The van der Waals surface area contributed by atoms with E-state index in [-0.39, 0.29) is 48.0 Å². The number of ether oxygens (including phenoxy) is 3. The van der Waals surface area contributed by atoms with Crippen molar-refractivity contribution < 1.29 is 28.2 Å². The Morgan fingerprint density at radius 3 is 2.68 bits per heavy atom. The first-order chi connectivity index (χ1) is 21.5. The fourth-order valence-electron chi connectivity index (χ4n) is 9.80. The van der Waals surface area contributed by atoms with Crippen molar-refractivity contribution in [3.63, 3.8) is 0 Å². The van der Waals surface area contributed by atoms with Crippen LogP contribution in [0.1, 0.15) is 50.6 Å². The molecule has 1 aromatic heterocycles. The van der Waals surface area contributed by atoms with Crippen molar-refractivity contribution in [2.24, 2.45) is 17.8 Å². The van der Waals surface area contributed by atoms with Crippen LogP contribution >= 0.6 is 0 Å². The van der Waals surface area contributed by atoms with Gasteiger partial charge < -0.3 is 24.0 Å². The number of aromatic nitrogens is 1. The van der Waals surface area contributed by atoms with Gasteiger partial charge in [0.2, 0.25) is 0 Å². The SMILES string of the molecule is CN(CCc1ccccn1)C(=O)C1=CN2C3CC4OC5CCCCC5C4CC3OC3C(N4CCOCC4)C(F)CC(C1=O)C32. The largest absolute Gasteiger partial charge is 0.379 e. The molecule has 11 atom stereocenters. The van der Waals surface area contributed by atoms with Crippen molar-refractivity contribution in [3.8, 4) is 0 Å². The van der Waals surface area contributed by atoms with Crippen LogP contribution in [-0.4, -0.2) is 120 Å². The van der Waals surface area contributed by atoms with E-state index in [9.17, 15) is 9.59 Å². The van der Waals surface area contributed by atoms with Crippen molar-refractivity contribution in [3.05, 3.63) is 41.9 Å². The quantitative estimate of drug-likeness (QED) is 0.472. The molecule has 0 spiro atoms. The summed E-state index contributed by atoms with van der Waals surface area (Å²) in [5.41, 5.74) is 1.07. The molecule has 10 heteroatoms. The van der Waals surface area contributed by atoms with Gasteiger partial charge in [-0.1, -0.05) is 18.9 Å². The number of carbonyl (C=O) groups excluding carboxylic acids is 2. The van der Waals surface area contributed by atoms with Gasteiger partial charge in [0, 0.05) is 57.1 Å². The summed E-state index contributed by atoms with van der Waals surface area (Å²) >= 11 is 0. The fourth-order valence-corrected chi connectivity index (χ4v) is 9.80. The summed E-state index contributed by atoms with van der Waals surface area (Å²) in [7, 11) is 1.74. The molecule has 8 rings (SSSR count). The number of morpholine rings is 2. The highest BCUT2D eigenvalue weighted by Crippen LogP contribution is 2.53. The lowest BCUT2D eigenvalue weighted by molar-refractivity contribution is -0.225. The maximum Gasteiger partial charge on any atom is 0.258 e. The first kappa shape index (κ1) is 29.0. The van der Waals surface area contributed by atoms with Gasteiger partial charge in [-0.25, -0.2) is 4.39 Å². The minimum atomic E-state index is -1.22. The summed E-state index contributed by atoms with van der Waals surface area (Å²) in [6, 6.07) is 5.01. The summed E-state index contributed by atoms with van der Waals surface area (Å²) in [5, 5.41) is 0. The lowest BCUT2D eigenvalue weighted by atomic mass is 9.66. The third-order valence-electron chi connectivity index (χ3n) is 11.9. The topological polar surface area (TPSA) is 84.4 Å². The van der Waals surface area contributed by atoms with E-state index < -0.39 is 24.2 Å². The highest BCUT2D eigenvalue weighted by molar-refractivity contribution is 6.20. The first-order valence-corrected chi connectivity index (χ1v) is 16.9. The zero-order valence-corrected chi connectivity index (χ0v) is 25.6. The molecule has 6 fully saturated rings. The van der Waals surface area contributed by atoms with Gasteiger partial charge in [0.05, 0.1) is 61.3 Å². The normalized spacial score (nSPS) is 41.6. The zero-order chi connectivity index (χ0) is 29.9. The molecule has 3 saturated carbocycles. The molecule has 3 aliphatic carbocycles. The van der Waals surface area contributed by atoms with Crippen molar-refractivity contribution >= 4 is 11.7 Å². The van der Waals surface area contributed by atoms with Crippen LogP contribution < -0.4 is 0 Å². The molecule has 9 nitrogen and oxygen atoms in total. The lowest BCUT2D eigenvalue weighted by Gasteiger charge is -2.61. The molecule has 0 aromatic carbocycles. The average Bonchev–Trinajstić information content (AvgIpc) is 3.42. The number of rotatable bonds is 5. The van der Waals surface area contributed by atoms with Crippen LogP contribution in [0.15, 0.2) is 36.2 Å². The number of fused-ring (bicyclic) bond motifs is 5. The molecule has 1 aromatic rings. The number of nitrogens with zero attached hydrogens (tertiary/aromatic N) is 4. The third-order valence-corrected chi connectivity index (χ3v) is 11.9. The van der Waals surface area contributed by atoms with Crippen LogP contribution in [0.2, 0.25) is 0 Å². The molecule has 5 heterocycles. The second-order valence-electron chi connectivity index (χ2n) is 14.1. The van der Waals surface area contributed by atoms with Crippen LogP contribution in [-0.2, 0) is 30.2 Å². The Morgan fingerprint density at radius 1 is 1.02 bits per heavy atom. The van der Waals surface area contributed by atoms with Gasteiger partial charge in [0.15, 0.2) is 5.78 Å². The number of likely N-dealkylation sites (N-methyl/N-ethyl adjacent to an activating group) is 1. The minimum Gasteiger partial charge on any atom is -0.379 e. The van der Waals surface area contributed by atoms with Crippen molar-refractivity contribution in [2.75, 3.05) is 39.9 Å². The van der Waals surface area contributed by atoms with E-state index in [1.165, 1.54) is 19.3 Å². The van der Waals surface area contributed by atoms with E-state index >= 15 is 4.39 Å². The van der Waals surface area contributed by atoms with Gasteiger partial charge in [0.1, 0.15) is 6.17 Å². The van der Waals surface area contributed by atoms with Gasteiger partial charge in [-0.15, -0.1) is 0 Å². The predicted octanol–water partition coefficient (Wildman–Crippen LogP) is 2.78. The summed E-state index contributed by atoms with van der Waals surface area (Å²) in [6.45, 7) is 2.91. The van der Waals surface area contributed by atoms with Crippen molar-refractivity contribution in [2.45, 2.75) is 100 Å².